The highest BCUT2D eigenvalue weighted by molar-refractivity contribution is 6.11. The molecule has 0 saturated carbocycles. The van der Waals surface area contributed by atoms with Crippen LogP contribution in [0.3, 0.4) is 0 Å². The molecule has 2 atom stereocenters. The van der Waals surface area contributed by atoms with E-state index in [-0.39, 0.29) is 11.6 Å². The van der Waals surface area contributed by atoms with Crippen LogP contribution in [0.15, 0.2) is 72.8 Å². The Hall–Kier alpha value is -3.27. The van der Waals surface area contributed by atoms with Gasteiger partial charge in [-0.2, -0.15) is 0 Å². The Bertz CT molecular complexity index is 1030. The lowest BCUT2D eigenvalue weighted by Crippen LogP contribution is -2.31. The van der Waals surface area contributed by atoms with Crippen LogP contribution in [0.1, 0.15) is 34.3 Å². The van der Waals surface area contributed by atoms with Gasteiger partial charge in [0.05, 0.1) is 5.92 Å². The lowest BCUT2D eigenvalue weighted by atomic mass is 9.74. The van der Waals surface area contributed by atoms with Crippen molar-refractivity contribution in [2.45, 2.75) is 12.8 Å². The molecule has 4 rings (SSSR count). The van der Waals surface area contributed by atoms with Crippen molar-refractivity contribution in [2.24, 2.45) is 5.92 Å². The summed E-state index contributed by atoms with van der Waals surface area (Å²) < 4.78 is 19.9. The molecule has 0 amide bonds. The molecule has 1 aliphatic heterocycles. The minimum absolute atomic E-state index is 0.263. The topological polar surface area (TPSA) is 43.4 Å². The van der Waals surface area contributed by atoms with E-state index >= 15 is 0 Å². The maximum atomic E-state index is 14.0. The highest BCUT2D eigenvalue weighted by Gasteiger charge is 2.40. The maximum absolute atomic E-state index is 14.0. The fourth-order valence-corrected chi connectivity index (χ4v) is 3.68. The molecule has 0 radical (unpaired) electrons. The number of hydrogen-bond donors (Lipinski definition) is 0. The van der Waals surface area contributed by atoms with Crippen LogP contribution in [0.5, 0.6) is 11.5 Å². The van der Waals surface area contributed by atoms with E-state index in [4.69, 9.17) is 4.74 Å². The number of halogens is 1. The third-order valence-electron chi connectivity index (χ3n) is 4.89. The van der Waals surface area contributed by atoms with Gasteiger partial charge in [0, 0.05) is 22.6 Å². The Morgan fingerprint density at radius 2 is 1.56 bits per heavy atom. The Labute approximate surface area is 156 Å². The number of benzene rings is 3. The van der Waals surface area contributed by atoms with Gasteiger partial charge in [-0.25, -0.2) is 4.39 Å². The summed E-state index contributed by atoms with van der Waals surface area (Å²) in [5, 5.41) is 0. The molecule has 134 valence electrons. The molecule has 1 aliphatic rings. The number of carbonyl (C=O) groups excluding carboxylic acids is 2. The molecule has 0 unspecified atom stereocenters. The number of ketones is 2. The van der Waals surface area contributed by atoms with Crippen LogP contribution in [-0.2, 0) is 4.79 Å². The van der Waals surface area contributed by atoms with Crippen LogP contribution in [0, 0.1) is 11.7 Å². The molecule has 0 N–H and O–H groups in total. The minimum atomic E-state index is -0.960. The van der Waals surface area contributed by atoms with Crippen molar-refractivity contribution in [1.29, 1.82) is 0 Å². The smallest absolute Gasteiger partial charge is 0.174 e. The first-order chi connectivity index (χ1) is 13.1. The lowest BCUT2D eigenvalue weighted by molar-refractivity contribution is -0.119. The fourth-order valence-electron chi connectivity index (χ4n) is 3.68. The molecule has 0 aromatic heterocycles. The summed E-state index contributed by atoms with van der Waals surface area (Å²) in [6.07, 6.45) is 0. The van der Waals surface area contributed by atoms with Crippen molar-refractivity contribution in [2.75, 3.05) is 0 Å². The third-order valence-corrected chi connectivity index (χ3v) is 4.89. The summed E-state index contributed by atoms with van der Waals surface area (Å²) >= 11 is 0. The molecule has 4 heteroatoms. The molecule has 3 aromatic rings. The first-order valence-corrected chi connectivity index (χ1v) is 8.72. The van der Waals surface area contributed by atoms with Crippen LogP contribution in [-0.4, -0.2) is 11.6 Å². The second-order valence-corrected chi connectivity index (χ2v) is 6.62. The maximum Gasteiger partial charge on any atom is 0.174 e. The number of carbonyl (C=O) groups is 2. The number of rotatable bonds is 4. The van der Waals surface area contributed by atoms with Crippen molar-refractivity contribution >= 4 is 11.6 Å². The van der Waals surface area contributed by atoms with E-state index < -0.39 is 17.7 Å². The second-order valence-electron chi connectivity index (χ2n) is 6.62. The number of ether oxygens (including phenoxy) is 1. The van der Waals surface area contributed by atoms with Gasteiger partial charge in [-0.1, -0.05) is 48.5 Å². The zero-order valence-corrected chi connectivity index (χ0v) is 14.7. The standard InChI is InChI=1S/C23H17FO3/c1-14(25)21(23(26)15-7-3-2-4-8-15)22-17-9-5-6-10-19(17)27-20-12-11-16(24)13-18(20)22/h2-13,21-22H,1H3/t21-,22-/m1/s1. The van der Waals surface area contributed by atoms with E-state index in [2.05, 4.69) is 0 Å². The molecule has 0 saturated heterocycles. The van der Waals surface area contributed by atoms with Gasteiger partial charge < -0.3 is 4.74 Å². The monoisotopic (exact) mass is 360 g/mol. The Kier molecular flexibility index (Phi) is 4.32. The first kappa shape index (κ1) is 17.2. The van der Waals surface area contributed by atoms with Crippen molar-refractivity contribution in [3.05, 3.63) is 95.3 Å². The summed E-state index contributed by atoms with van der Waals surface area (Å²) in [5.74, 6) is -1.50. The average molecular weight is 360 g/mol. The van der Waals surface area contributed by atoms with Crippen molar-refractivity contribution in [3.8, 4) is 11.5 Å². The zero-order valence-electron chi connectivity index (χ0n) is 14.7. The molecule has 1 heterocycles. The van der Waals surface area contributed by atoms with Gasteiger partial charge in [0.1, 0.15) is 23.1 Å². The second kappa shape index (κ2) is 6.80. The van der Waals surface area contributed by atoms with E-state index in [0.29, 0.717) is 28.2 Å². The predicted molar refractivity (Wildman–Crippen MR) is 99.7 cm³/mol. The van der Waals surface area contributed by atoms with Gasteiger partial charge in [-0.3, -0.25) is 9.59 Å². The van der Waals surface area contributed by atoms with Gasteiger partial charge >= 0.3 is 0 Å². The van der Waals surface area contributed by atoms with Crippen LogP contribution < -0.4 is 4.74 Å². The summed E-state index contributed by atoms with van der Waals surface area (Å²) in [4.78, 5) is 25.8. The van der Waals surface area contributed by atoms with E-state index in [1.165, 1.54) is 25.1 Å². The van der Waals surface area contributed by atoms with E-state index in [1.807, 2.05) is 24.3 Å². The fraction of sp³-hybridized carbons (Fsp3) is 0.130. The number of hydrogen-bond acceptors (Lipinski definition) is 3. The van der Waals surface area contributed by atoms with Gasteiger partial charge in [0.2, 0.25) is 0 Å². The van der Waals surface area contributed by atoms with Crippen molar-refractivity contribution < 1.29 is 18.7 Å². The molecule has 0 spiro atoms. The summed E-state index contributed by atoms with van der Waals surface area (Å²) in [6, 6.07) is 20.2. The SMILES string of the molecule is CC(=O)[C@@H](C(=O)c1ccccc1)[C@@H]1c2ccccc2Oc2ccc(F)cc21. The lowest BCUT2D eigenvalue weighted by Gasteiger charge is -2.32. The molecular weight excluding hydrogens is 343 g/mol. The van der Waals surface area contributed by atoms with Crippen LogP contribution in [0.4, 0.5) is 4.39 Å². The molecule has 3 aromatic carbocycles. The Morgan fingerprint density at radius 3 is 2.30 bits per heavy atom. The molecule has 3 nitrogen and oxygen atoms in total. The van der Waals surface area contributed by atoms with E-state index in [0.717, 1.165) is 0 Å². The van der Waals surface area contributed by atoms with Crippen molar-refractivity contribution in [1.82, 2.24) is 0 Å². The quantitative estimate of drug-likeness (QED) is 0.477. The summed E-state index contributed by atoms with van der Waals surface area (Å²) in [5.41, 5.74) is 1.68. The first-order valence-electron chi connectivity index (χ1n) is 8.72. The normalized spacial score (nSPS) is 15.9. The third kappa shape index (κ3) is 3.04. The van der Waals surface area contributed by atoms with Crippen LogP contribution >= 0.6 is 0 Å². The predicted octanol–water partition coefficient (Wildman–Crippen LogP) is 5.15. The summed E-state index contributed by atoms with van der Waals surface area (Å²) in [6.45, 7) is 1.41. The zero-order chi connectivity index (χ0) is 19.0. The number of fused-ring (bicyclic) bond motifs is 2. The number of Topliss-reactive ketones (excluding diaryl/α,β-unsaturated/α-hetero) is 2. The largest absolute Gasteiger partial charge is 0.457 e. The van der Waals surface area contributed by atoms with Gasteiger partial charge in [-0.15, -0.1) is 0 Å². The van der Waals surface area contributed by atoms with Gasteiger partial charge in [-0.05, 0) is 31.2 Å². The van der Waals surface area contributed by atoms with Crippen molar-refractivity contribution in [3.63, 3.8) is 0 Å². The Morgan fingerprint density at radius 1 is 0.889 bits per heavy atom. The average Bonchev–Trinajstić information content (AvgIpc) is 2.68. The van der Waals surface area contributed by atoms with E-state index in [1.54, 1.807) is 30.3 Å². The molecule has 0 fully saturated rings. The molecule has 0 aliphatic carbocycles. The van der Waals surface area contributed by atoms with Crippen LogP contribution in [0.25, 0.3) is 0 Å². The van der Waals surface area contributed by atoms with Gasteiger partial charge in [0.15, 0.2) is 5.78 Å². The van der Waals surface area contributed by atoms with Crippen LogP contribution in [0.2, 0.25) is 0 Å². The van der Waals surface area contributed by atoms with E-state index in [9.17, 15) is 14.0 Å². The number of para-hydroxylation sites is 1. The Balaban J connectivity index is 1.91. The minimum Gasteiger partial charge on any atom is -0.457 e. The molecule has 27 heavy (non-hydrogen) atoms. The highest BCUT2D eigenvalue weighted by Crippen LogP contribution is 2.48. The molecule has 0 bridgehead atoms. The summed E-state index contributed by atoms with van der Waals surface area (Å²) in [7, 11) is 0. The molecular formula is C23H17FO3. The van der Waals surface area contributed by atoms with Gasteiger partial charge in [0.25, 0.3) is 0 Å². The highest BCUT2D eigenvalue weighted by atomic mass is 19.1.